The van der Waals surface area contributed by atoms with E-state index in [0.717, 1.165) is 11.1 Å². The van der Waals surface area contributed by atoms with E-state index in [1.807, 2.05) is 74.5 Å². The summed E-state index contributed by atoms with van der Waals surface area (Å²) in [5, 5.41) is 6.94. The molecule has 4 atom stereocenters. The summed E-state index contributed by atoms with van der Waals surface area (Å²) in [6.07, 6.45) is 0. The number of benzene rings is 2. The molecule has 0 heterocycles. The molecule has 2 aromatic carbocycles. The fraction of sp³-hybridized carbons (Fsp3) is 0.538. The Morgan fingerprint density at radius 2 is 0.861 bits per heavy atom. The predicted molar refractivity (Wildman–Crippen MR) is 145 cm³/mol. The van der Waals surface area contributed by atoms with E-state index in [1.54, 1.807) is 27.7 Å². The monoisotopic (exact) mass is 540 g/mol. The number of hydrogen-bond acceptors (Lipinski definition) is 8. The first kappa shape index (κ1) is 30.9. The van der Waals surface area contributed by atoms with Crippen LogP contribution >= 0.6 is 15.2 Å². The van der Waals surface area contributed by atoms with Gasteiger partial charge in [0.15, 0.2) is 0 Å². The average molecular weight is 541 g/mol. The summed E-state index contributed by atoms with van der Waals surface area (Å²) in [7, 11) is -7.07. The molecule has 0 aromatic heterocycles. The second-order valence-electron chi connectivity index (χ2n) is 8.29. The summed E-state index contributed by atoms with van der Waals surface area (Å²) in [5.41, 5.74) is 1.60. The molecule has 0 amide bonds. The Morgan fingerprint density at radius 1 is 0.583 bits per heavy atom. The lowest BCUT2D eigenvalue weighted by molar-refractivity contribution is 0.197. The Kier molecular flexibility index (Phi) is 13.0. The molecule has 0 saturated heterocycles. The smallest absolute Gasteiger partial charge is 0.308 e. The van der Waals surface area contributed by atoms with Crippen LogP contribution in [0.2, 0.25) is 0 Å². The number of hydrogen-bond donors (Lipinski definition) is 2. The van der Waals surface area contributed by atoms with Gasteiger partial charge >= 0.3 is 15.2 Å². The third kappa shape index (κ3) is 8.34. The summed E-state index contributed by atoms with van der Waals surface area (Å²) < 4.78 is 50.5. The van der Waals surface area contributed by atoms with E-state index in [-0.39, 0.29) is 38.5 Å². The van der Waals surface area contributed by atoms with Crippen LogP contribution in [0, 0.1) is 0 Å². The minimum atomic E-state index is -3.53. The quantitative estimate of drug-likeness (QED) is 0.210. The molecule has 0 aliphatic carbocycles. The van der Waals surface area contributed by atoms with Crippen molar-refractivity contribution in [3.63, 3.8) is 0 Å². The second-order valence-corrected chi connectivity index (χ2v) is 12.5. The molecular weight excluding hydrogens is 498 g/mol. The molecule has 0 saturated carbocycles. The third-order valence-corrected chi connectivity index (χ3v) is 10.3. The van der Waals surface area contributed by atoms with Crippen molar-refractivity contribution in [2.24, 2.45) is 0 Å². The van der Waals surface area contributed by atoms with Gasteiger partial charge in [0.25, 0.3) is 0 Å². The van der Waals surface area contributed by atoms with Gasteiger partial charge in [-0.3, -0.25) is 19.8 Å². The van der Waals surface area contributed by atoms with Gasteiger partial charge in [-0.15, -0.1) is 0 Å². The second kappa shape index (κ2) is 15.2. The van der Waals surface area contributed by atoms with Crippen LogP contribution in [0.25, 0.3) is 0 Å². The van der Waals surface area contributed by atoms with E-state index in [1.165, 1.54) is 0 Å². The Morgan fingerprint density at radius 3 is 1.11 bits per heavy atom. The summed E-state index contributed by atoms with van der Waals surface area (Å²) in [4.78, 5) is 0. The molecule has 36 heavy (non-hydrogen) atoms. The minimum absolute atomic E-state index is 0.229. The van der Waals surface area contributed by atoms with E-state index < -0.39 is 26.8 Å². The van der Waals surface area contributed by atoms with Crippen molar-refractivity contribution in [3.05, 3.63) is 71.8 Å². The van der Waals surface area contributed by atoms with E-state index in [4.69, 9.17) is 18.1 Å². The van der Waals surface area contributed by atoms with Crippen LogP contribution in [0.4, 0.5) is 0 Å². The first-order valence-corrected chi connectivity index (χ1v) is 15.9. The minimum Gasteiger partial charge on any atom is -0.308 e. The van der Waals surface area contributed by atoms with Crippen molar-refractivity contribution in [1.29, 1.82) is 0 Å². The van der Waals surface area contributed by atoms with E-state index >= 15 is 0 Å². The van der Waals surface area contributed by atoms with Crippen LogP contribution in [0.5, 0.6) is 0 Å². The van der Waals surface area contributed by atoms with Crippen LogP contribution in [0.3, 0.4) is 0 Å². The van der Waals surface area contributed by atoms with E-state index in [2.05, 4.69) is 10.6 Å². The number of rotatable bonds is 17. The zero-order valence-corrected chi connectivity index (χ0v) is 24.0. The third-order valence-electron chi connectivity index (χ3n) is 5.69. The van der Waals surface area contributed by atoms with Gasteiger partial charge in [0.2, 0.25) is 0 Å². The molecule has 0 bridgehead atoms. The van der Waals surface area contributed by atoms with Crippen LogP contribution < -0.4 is 10.6 Å². The highest BCUT2D eigenvalue weighted by Crippen LogP contribution is 2.61. The lowest BCUT2D eigenvalue weighted by Crippen LogP contribution is -2.47. The lowest BCUT2D eigenvalue weighted by atomic mass is 10.1. The first-order chi connectivity index (χ1) is 17.2. The fourth-order valence-corrected chi connectivity index (χ4v) is 7.98. The van der Waals surface area contributed by atoms with Crippen LogP contribution in [-0.2, 0) is 27.2 Å². The van der Waals surface area contributed by atoms with Crippen LogP contribution in [-0.4, -0.2) is 38.5 Å². The molecule has 2 aromatic rings. The molecule has 0 fully saturated rings. The predicted octanol–water partition coefficient (Wildman–Crippen LogP) is 6.87. The highest BCUT2D eigenvalue weighted by Gasteiger charge is 2.41. The molecule has 0 aliphatic heterocycles. The van der Waals surface area contributed by atoms with Gasteiger partial charge in [-0.25, -0.2) is 0 Å². The molecule has 202 valence electrons. The highest BCUT2D eigenvalue weighted by atomic mass is 31.2. The molecule has 2 N–H and O–H groups in total. The zero-order chi connectivity index (χ0) is 26.6. The van der Waals surface area contributed by atoms with Gasteiger partial charge in [-0.05, 0) is 52.7 Å². The summed E-state index contributed by atoms with van der Waals surface area (Å²) in [6, 6.07) is 18.5. The summed E-state index contributed by atoms with van der Waals surface area (Å²) in [6.45, 7) is 12.2. The number of nitrogens with one attached hydrogen (secondary N) is 2. The standard InChI is InChI=1S/C26H42N2O6P2/c1-7-31-35(29,32-8-2)25(23-17-13-11-14-18-23)27-21(5)22(6)28-26(24-19-15-12-16-20-24)36(30,33-9-3)34-10-4/h11-22,25-28H,7-10H2,1-6H3. The normalized spacial score (nSPS) is 15.8. The van der Waals surface area contributed by atoms with Gasteiger partial charge in [0.1, 0.15) is 11.6 Å². The van der Waals surface area contributed by atoms with Gasteiger partial charge in [-0.2, -0.15) is 0 Å². The molecule has 8 nitrogen and oxygen atoms in total. The first-order valence-electron chi connectivity index (χ1n) is 12.6. The maximum absolute atomic E-state index is 13.8. The largest absolute Gasteiger partial charge is 0.351 e. The maximum Gasteiger partial charge on any atom is 0.351 e. The Balaban J connectivity index is 2.37. The molecule has 0 radical (unpaired) electrons. The Bertz CT molecular complexity index is 879. The van der Waals surface area contributed by atoms with Crippen molar-refractivity contribution < 1.29 is 27.2 Å². The maximum atomic E-state index is 13.8. The molecule has 0 spiro atoms. The van der Waals surface area contributed by atoms with Crippen LogP contribution in [0.1, 0.15) is 64.2 Å². The lowest BCUT2D eigenvalue weighted by Gasteiger charge is -2.35. The molecule has 0 aliphatic rings. The molecule has 2 rings (SSSR count). The van der Waals surface area contributed by atoms with Crippen molar-refractivity contribution in [2.75, 3.05) is 26.4 Å². The van der Waals surface area contributed by atoms with Crippen molar-refractivity contribution in [2.45, 2.75) is 65.2 Å². The van der Waals surface area contributed by atoms with Crippen molar-refractivity contribution in [3.8, 4) is 0 Å². The van der Waals surface area contributed by atoms with Gasteiger partial charge in [0.05, 0.1) is 26.4 Å². The topological polar surface area (TPSA) is 95.1 Å². The summed E-state index contributed by atoms with van der Waals surface area (Å²) >= 11 is 0. The SMILES string of the molecule is CCOP(=O)(OCC)C(NC(C)C(C)NC(c1ccccc1)P(=O)(OCC)OCC)c1ccccc1. The Labute approximate surface area is 216 Å². The van der Waals surface area contributed by atoms with Crippen molar-refractivity contribution in [1.82, 2.24) is 10.6 Å². The molecular formula is C26H42N2O6P2. The summed E-state index contributed by atoms with van der Waals surface area (Å²) in [5.74, 6) is -1.36. The molecule has 4 unspecified atom stereocenters. The zero-order valence-electron chi connectivity index (χ0n) is 22.3. The average Bonchev–Trinajstić information content (AvgIpc) is 2.87. The van der Waals surface area contributed by atoms with Crippen molar-refractivity contribution >= 4 is 15.2 Å². The fourth-order valence-electron chi connectivity index (χ4n) is 3.89. The van der Waals surface area contributed by atoms with Gasteiger partial charge in [-0.1, -0.05) is 60.7 Å². The van der Waals surface area contributed by atoms with Gasteiger partial charge < -0.3 is 18.1 Å². The highest BCUT2D eigenvalue weighted by molar-refractivity contribution is 7.54. The van der Waals surface area contributed by atoms with E-state index in [0.29, 0.717) is 0 Å². The van der Waals surface area contributed by atoms with Gasteiger partial charge in [0, 0.05) is 12.1 Å². The molecule has 10 heteroatoms. The van der Waals surface area contributed by atoms with Crippen LogP contribution in [0.15, 0.2) is 60.7 Å². The Hall–Kier alpha value is -1.34. The van der Waals surface area contributed by atoms with E-state index in [9.17, 15) is 9.13 Å².